The van der Waals surface area contributed by atoms with E-state index in [2.05, 4.69) is 21.4 Å². The van der Waals surface area contributed by atoms with Gasteiger partial charge < -0.3 is 5.32 Å². The minimum Gasteiger partial charge on any atom is -0.301 e. The highest BCUT2D eigenvalue weighted by Gasteiger charge is 2.16. The van der Waals surface area contributed by atoms with Crippen LogP contribution in [0.5, 0.6) is 0 Å². The minimum absolute atomic E-state index is 0.0320. The van der Waals surface area contributed by atoms with E-state index in [9.17, 15) is 18.8 Å². The zero-order valence-electron chi connectivity index (χ0n) is 15.8. The second-order valence-corrected chi connectivity index (χ2v) is 8.06. The summed E-state index contributed by atoms with van der Waals surface area (Å²) >= 11 is 2.28. The molecule has 5 nitrogen and oxygen atoms in total. The van der Waals surface area contributed by atoms with E-state index in [0.29, 0.717) is 10.6 Å². The summed E-state index contributed by atoms with van der Waals surface area (Å²) in [6, 6.07) is 5.27. The molecule has 0 fully saturated rings. The highest BCUT2D eigenvalue weighted by molar-refractivity contribution is 8.00. The molecule has 0 bridgehead atoms. The number of carbonyl (C=O) groups is 1. The first-order valence-electron chi connectivity index (χ1n) is 8.51. The first-order chi connectivity index (χ1) is 13.8. The maximum Gasteiger partial charge on any atom is 0.236 e. The van der Waals surface area contributed by atoms with Crippen LogP contribution in [0.15, 0.2) is 28.6 Å². The number of nitrogens with one attached hydrogen (secondary N) is 1. The molecule has 0 atom stereocenters. The van der Waals surface area contributed by atoms with Crippen molar-refractivity contribution < 1.29 is 13.6 Å². The van der Waals surface area contributed by atoms with Crippen LogP contribution < -0.4 is 5.32 Å². The van der Waals surface area contributed by atoms with Crippen LogP contribution >= 0.6 is 23.1 Å². The molecule has 0 radical (unpaired) electrons. The first-order valence-corrected chi connectivity index (χ1v) is 10.4. The van der Waals surface area contributed by atoms with Crippen molar-refractivity contribution in [3.63, 3.8) is 0 Å². The van der Waals surface area contributed by atoms with Gasteiger partial charge >= 0.3 is 0 Å². The second kappa shape index (κ2) is 8.68. The van der Waals surface area contributed by atoms with E-state index in [1.165, 1.54) is 11.8 Å². The van der Waals surface area contributed by atoms with Gasteiger partial charge in [-0.1, -0.05) is 11.8 Å². The van der Waals surface area contributed by atoms with Crippen LogP contribution in [0.3, 0.4) is 0 Å². The van der Waals surface area contributed by atoms with Gasteiger partial charge in [0.15, 0.2) is 5.13 Å². The quantitative estimate of drug-likeness (QED) is 0.576. The molecule has 0 saturated carbocycles. The molecule has 9 heteroatoms. The number of nitriles is 1. The number of thiazole rings is 1. The van der Waals surface area contributed by atoms with E-state index in [1.54, 1.807) is 5.38 Å². The number of aromatic nitrogens is 2. The summed E-state index contributed by atoms with van der Waals surface area (Å²) in [7, 11) is 0. The Morgan fingerprint density at radius 1 is 1.24 bits per heavy atom. The number of rotatable bonds is 5. The third-order valence-corrected chi connectivity index (χ3v) is 6.10. The molecule has 0 aliphatic heterocycles. The summed E-state index contributed by atoms with van der Waals surface area (Å²) in [4.78, 5) is 20.8. The minimum atomic E-state index is -0.592. The van der Waals surface area contributed by atoms with E-state index in [1.807, 2.05) is 20.8 Å². The predicted octanol–water partition coefficient (Wildman–Crippen LogP) is 5.01. The van der Waals surface area contributed by atoms with Crippen LogP contribution in [0, 0.1) is 43.7 Å². The molecule has 1 amide bonds. The largest absolute Gasteiger partial charge is 0.301 e. The van der Waals surface area contributed by atoms with Crippen LogP contribution in [0.1, 0.15) is 22.4 Å². The van der Waals surface area contributed by atoms with Crippen molar-refractivity contribution >= 4 is 34.1 Å². The van der Waals surface area contributed by atoms with Gasteiger partial charge in [-0.15, -0.1) is 11.3 Å². The van der Waals surface area contributed by atoms with Crippen molar-refractivity contribution in [2.45, 2.75) is 25.8 Å². The Morgan fingerprint density at radius 2 is 2.00 bits per heavy atom. The Balaban J connectivity index is 1.69. The topological polar surface area (TPSA) is 78.7 Å². The van der Waals surface area contributed by atoms with Gasteiger partial charge in [0.1, 0.15) is 22.7 Å². The molecule has 3 rings (SSSR count). The number of halogens is 2. The summed E-state index contributed by atoms with van der Waals surface area (Å²) < 4.78 is 27.2. The SMILES string of the molecule is Cc1nc(SCC(=O)Nc2nc(-c3cc(F)ccc3F)cs2)c(C#N)c(C)c1C. The molecule has 1 aromatic carbocycles. The number of benzene rings is 1. The molecule has 0 aliphatic carbocycles. The van der Waals surface area contributed by atoms with Gasteiger partial charge in [-0.25, -0.2) is 18.7 Å². The standard InChI is InChI=1S/C20H16F2N4OS2/c1-10-11(2)15(7-23)19(24-12(10)3)28-9-18(27)26-20-25-17(8-29-20)14-6-13(21)4-5-16(14)22/h4-6,8H,9H2,1-3H3,(H,25,26,27). The Kier molecular flexibility index (Phi) is 6.25. The molecule has 0 aliphatic rings. The van der Waals surface area contributed by atoms with Crippen LogP contribution in [0.4, 0.5) is 13.9 Å². The number of carbonyl (C=O) groups excluding carboxylic acids is 1. The summed E-state index contributed by atoms with van der Waals surface area (Å²) in [5.74, 6) is -1.46. The summed E-state index contributed by atoms with van der Waals surface area (Å²) in [6.07, 6.45) is 0. The predicted molar refractivity (Wildman–Crippen MR) is 110 cm³/mol. The van der Waals surface area contributed by atoms with Crippen LogP contribution in [-0.2, 0) is 4.79 Å². The third kappa shape index (κ3) is 4.60. The smallest absolute Gasteiger partial charge is 0.236 e. The van der Waals surface area contributed by atoms with Crippen molar-refractivity contribution in [3.05, 3.63) is 57.6 Å². The lowest BCUT2D eigenvalue weighted by Gasteiger charge is -2.10. The average Bonchev–Trinajstić information content (AvgIpc) is 3.14. The zero-order valence-corrected chi connectivity index (χ0v) is 17.5. The van der Waals surface area contributed by atoms with Crippen molar-refractivity contribution in [2.75, 3.05) is 11.1 Å². The van der Waals surface area contributed by atoms with Crippen LogP contribution in [0.2, 0.25) is 0 Å². The zero-order chi connectivity index (χ0) is 21.1. The number of pyridine rings is 1. The van der Waals surface area contributed by atoms with Gasteiger partial charge in [-0.05, 0) is 50.1 Å². The highest BCUT2D eigenvalue weighted by atomic mass is 32.2. The van der Waals surface area contributed by atoms with Crippen molar-refractivity contribution in [2.24, 2.45) is 0 Å². The van der Waals surface area contributed by atoms with Gasteiger partial charge in [0.2, 0.25) is 5.91 Å². The highest BCUT2D eigenvalue weighted by Crippen LogP contribution is 2.29. The molecular weight excluding hydrogens is 414 g/mol. The lowest BCUT2D eigenvalue weighted by atomic mass is 10.1. The van der Waals surface area contributed by atoms with E-state index in [-0.39, 0.29) is 28.0 Å². The number of nitrogens with zero attached hydrogens (tertiary/aromatic N) is 3. The second-order valence-electron chi connectivity index (χ2n) is 6.24. The number of thioether (sulfide) groups is 1. The molecule has 2 heterocycles. The van der Waals surface area contributed by atoms with Gasteiger partial charge in [0, 0.05) is 16.6 Å². The van der Waals surface area contributed by atoms with Gasteiger partial charge in [0.25, 0.3) is 0 Å². The molecule has 1 N–H and O–H groups in total. The number of hydrogen-bond donors (Lipinski definition) is 1. The fourth-order valence-corrected chi connectivity index (χ4v) is 4.20. The molecule has 0 spiro atoms. The molecule has 0 saturated heterocycles. The summed E-state index contributed by atoms with van der Waals surface area (Å²) in [5.41, 5.74) is 3.35. The average molecular weight is 431 g/mol. The number of anilines is 1. The van der Waals surface area contributed by atoms with Gasteiger partial charge in [-0.2, -0.15) is 5.26 Å². The summed E-state index contributed by atoms with van der Waals surface area (Å²) in [5, 5.41) is 14.4. The van der Waals surface area contributed by atoms with Crippen LogP contribution in [0.25, 0.3) is 11.3 Å². The fourth-order valence-electron chi connectivity index (χ4n) is 2.59. The molecule has 3 aromatic rings. The number of amides is 1. The Labute approximate surface area is 174 Å². The van der Waals surface area contributed by atoms with E-state index < -0.39 is 11.6 Å². The van der Waals surface area contributed by atoms with Gasteiger partial charge in [-0.3, -0.25) is 4.79 Å². The van der Waals surface area contributed by atoms with Crippen molar-refractivity contribution in [1.29, 1.82) is 5.26 Å². The lowest BCUT2D eigenvalue weighted by Crippen LogP contribution is -2.14. The Hall–Kier alpha value is -2.83. The molecular formula is C20H16F2N4OS2. The third-order valence-electron chi connectivity index (χ3n) is 4.37. The lowest BCUT2D eigenvalue weighted by molar-refractivity contribution is -0.113. The maximum atomic E-state index is 13.9. The van der Waals surface area contributed by atoms with Crippen LogP contribution in [-0.4, -0.2) is 21.6 Å². The fraction of sp³-hybridized carbons (Fsp3) is 0.200. The number of aryl methyl sites for hydroxylation is 1. The molecule has 0 unspecified atom stereocenters. The van der Waals surface area contributed by atoms with Crippen molar-refractivity contribution in [1.82, 2.24) is 9.97 Å². The normalized spacial score (nSPS) is 10.6. The van der Waals surface area contributed by atoms with E-state index in [4.69, 9.17) is 0 Å². The van der Waals surface area contributed by atoms with E-state index >= 15 is 0 Å². The van der Waals surface area contributed by atoms with Gasteiger partial charge in [0.05, 0.1) is 17.0 Å². The van der Waals surface area contributed by atoms with Crippen molar-refractivity contribution in [3.8, 4) is 17.3 Å². The summed E-state index contributed by atoms with van der Waals surface area (Å²) in [6.45, 7) is 5.62. The number of hydrogen-bond acceptors (Lipinski definition) is 6. The molecule has 148 valence electrons. The monoisotopic (exact) mass is 430 g/mol. The van der Waals surface area contributed by atoms with E-state index in [0.717, 1.165) is 46.4 Å². The molecule has 29 heavy (non-hydrogen) atoms. The Bertz CT molecular complexity index is 1140. The Morgan fingerprint density at radius 3 is 2.72 bits per heavy atom. The maximum absolute atomic E-state index is 13.9. The molecule has 2 aromatic heterocycles. The first kappa shape index (κ1) is 20.9.